The van der Waals surface area contributed by atoms with Gasteiger partial charge in [-0.15, -0.1) is 0 Å². The van der Waals surface area contributed by atoms with Gasteiger partial charge in [0.2, 0.25) is 0 Å². The van der Waals surface area contributed by atoms with E-state index in [1.165, 1.54) is 6.20 Å². The Bertz CT molecular complexity index is 1550. The summed E-state index contributed by atoms with van der Waals surface area (Å²) in [6.07, 6.45) is 8.48. The summed E-state index contributed by atoms with van der Waals surface area (Å²) in [5.41, 5.74) is 7.24. The van der Waals surface area contributed by atoms with Crippen LogP contribution >= 0.6 is 0 Å². The third-order valence-corrected chi connectivity index (χ3v) is 5.37. The van der Waals surface area contributed by atoms with E-state index in [0.717, 1.165) is 49.9 Å². The van der Waals surface area contributed by atoms with Crippen molar-refractivity contribution in [3.8, 4) is 39.4 Å². The SMILES string of the molecule is Oc1cncc(-c2cnc3n[nH]c(-c4cc5c(-c6cccnc6)cccc5[nH]4)c3c2)c1. The molecule has 0 radical (unpaired) electrons. The van der Waals surface area contributed by atoms with Crippen LogP contribution in [-0.2, 0) is 0 Å². The zero-order chi connectivity index (χ0) is 20.8. The fraction of sp³-hybridized carbons (Fsp3) is 0. The lowest BCUT2D eigenvalue weighted by Crippen LogP contribution is -1.84. The molecule has 7 nitrogen and oxygen atoms in total. The lowest BCUT2D eigenvalue weighted by Gasteiger charge is -2.02. The first kappa shape index (κ1) is 17.3. The van der Waals surface area contributed by atoms with Gasteiger partial charge >= 0.3 is 0 Å². The van der Waals surface area contributed by atoms with Crippen LogP contribution in [0.25, 0.3) is 55.6 Å². The first-order valence-electron chi connectivity index (χ1n) is 9.77. The third kappa shape index (κ3) is 2.91. The second-order valence-corrected chi connectivity index (χ2v) is 7.32. The van der Waals surface area contributed by atoms with E-state index >= 15 is 0 Å². The van der Waals surface area contributed by atoms with Crippen LogP contribution in [0.5, 0.6) is 5.75 Å². The fourth-order valence-corrected chi connectivity index (χ4v) is 3.91. The second-order valence-electron chi connectivity index (χ2n) is 7.32. The molecule has 31 heavy (non-hydrogen) atoms. The van der Waals surface area contributed by atoms with E-state index in [-0.39, 0.29) is 5.75 Å². The number of aromatic amines is 2. The highest BCUT2D eigenvalue weighted by Crippen LogP contribution is 2.34. The first-order chi connectivity index (χ1) is 15.3. The topological polar surface area (TPSA) is 103 Å². The largest absolute Gasteiger partial charge is 0.506 e. The molecule has 7 heteroatoms. The Labute approximate surface area is 176 Å². The second kappa shape index (κ2) is 6.77. The quantitative estimate of drug-likeness (QED) is 0.388. The number of hydrogen-bond donors (Lipinski definition) is 3. The van der Waals surface area contributed by atoms with E-state index in [1.54, 1.807) is 24.7 Å². The molecule has 148 valence electrons. The highest BCUT2D eigenvalue weighted by atomic mass is 16.3. The summed E-state index contributed by atoms with van der Waals surface area (Å²) in [5.74, 6) is 0.114. The number of pyridine rings is 3. The molecule has 0 spiro atoms. The predicted molar refractivity (Wildman–Crippen MR) is 119 cm³/mol. The van der Waals surface area contributed by atoms with Gasteiger partial charge < -0.3 is 10.1 Å². The summed E-state index contributed by atoms with van der Waals surface area (Å²) in [6.45, 7) is 0. The Morgan fingerprint density at radius 3 is 2.55 bits per heavy atom. The maximum Gasteiger partial charge on any atom is 0.181 e. The van der Waals surface area contributed by atoms with Crippen molar-refractivity contribution in [3.63, 3.8) is 0 Å². The number of rotatable bonds is 3. The number of fused-ring (bicyclic) bond motifs is 2. The van der Waals surface area contributed by atoms with Gasteiger partial charge in [0.05, 0.1) is 17.6 Å². The third-order valence-electron chi connectivity index (χ3n) is 5.37. The van der Waals surface area contributed by atoms with Gasteiger partial charge in [-0.3, -0.25) is 15.1 Å². The summed E-state index contributed by atoms with van der Waals surface area (Å²) < 4.78 is 0. The first-order valence-corrected chi connectivity index (χ1v) is 9.77. The van der Waals surface area contributed by atoms with Gasteiger partial charge in [0.25, 0.3) is 0 Å². The van der Waals surface area contributed by atoms with Gasteiger partial charge in [0.1, 0.15) is 5.75 Å². The van der Waals surface area contributed by atoms with Gasteiger partial charge in [0, 0.05) is 57.8 Å². The zero-order valence-electron chi connectivity index (χ0n) is 16.2. The molecule has 5 heterocycles. The Morgan fingerprint density at radius 1 is 0.774 bits per heavy atom. The van der Waals surface area contributed by atoms with Gasteiger partial charge in [-0.1, -0.05) is 18.2 Å². The number of H-pyrrole nitrogens is 2. The summed E-state index contributed by atoms with van der Waals surface area (Å²) in [6, 6.07) is 16.0. The predicted octanol–water partition coefficient (Wildman–Crippen LogP) is 4.94. The smallest absolute Gasteiger partial charge is 0.181 e. The average Bonchev–Trinajstić information content (AvgIpc) is 3.43. The summed E-state index contributed by atoms with van der Waals surface area (Å²) >= 11 is 0. The van der Waals surface area contributed by atoms with E-state index in [1.807, 2.05) is 24.4 Å². The molecule has 0 aliphatic rings. The fourth-order valence-electron chi connectivity index (χ4n) is 3.91. The molecular weight excluding hydrogens is 388 g/mol. The maximum absolute atomic E-state index is 9.77. The monoisotopic (exact) mass is 404 g/mol. The van der Waals surface area contributed by atoms with Crippen LogP contribution in [0, 0.1) is 0 Å². The Balaban J connectivity index is 1.51. The molecule has 0 saturated carbocycles. The zero-order valence-corrected chi connectivity index (χ0v) is 16.2. The molecular formula is C24H16N6O. The van der Waals surface area contributed by atoms with Crippen LogP contribution in [-0.4, -0.2) is 35.2 Å². The van der Waals surface area contributed by atoms with Crippen molar-refractivity contribution in [3.05, 3.63) is 79.5 Å². The van der Waals surface area contributed by atoms with Gasteiger partial charge in [0.15, 0.2) is 5.65 Å². The number of benzene rings is 1. The molecule has 5 aromatic heterocycles. The van der Waals surface area contributed by atoms with Crippen LogP contribution in [0.4, 0.5) is 0 Å². The lowest BCUT2D eigenvalue weighted by molar-refractivity contribution is 0.473. The molecule has 1 aromatic carbocycles. The highest BCUT2D eigenvalue weighted by Gasteiger charge is 2.14. The molecule has 6 rings (SSSR count). The van der Waals surface area contributed by atoms with Gasteiger partial charge in [-0.05, 0) is 35.9 Å². The van der Waals surface area contributed by atoms with Crippen molar-refractivity contribution in [1.82, 2.24) is 30.1 Å². The highest BCUT2D eigenvalue weighted by molar-refractivity contribution is 6.01. The molecule has 0 aliphatic carbocycles. The van der Waals surface area contributed by atoms with E-state index in [2.05, 4.69) is 54.4 Å². The molecule has 6 aromatic rings. The number of nitrogens with zero attached hydrogens (tertiary/aromatic N) is 4. The lowest BCUT2D eigenvalue weighted by atomic mass is 10.0. The maximum atomic E-state index is 9.77. The normalized spacial score (nSPS) is 11.4. The molecule has 0 fully saturated rings. The van der Waals surface area contributed by atoms with E-state index < -0.39 is 0 Å². The van der Waals surface area contributed by atoms with Crippen LogP contribution < -0.4 is 0 Å². The Kier molecular flexibility index (Phi) is 3.79. The minimum Gasteiger partial charge on any atom is -0.506 e. The van der Waals surface area contributed by atoms with Crippen molar-refractivity contribution in [2.75, 3.05) is 0 Å². The van der Waals surface area contributed by atoms with Crippen LogP contribution in [0.3, 0.4) is 0 Å². The molecule has 0 amide bonds. The minimum atomic E-state index is 0.114. The van der Waals surface area contributed by atoms with Crippen LogP contribution in [0.15, 0.2) is 79.5 Å². The van der Waals surface area contributed by atoms with Crippen LogP contribution in [0.2, 0.25) is 0 Å². The number of hydrogen-bond acceptors (Lipinski definition) is 5. The van der Waals surface area contributed by atoms with Crippen molar-refractivity contribution < 1.29 is 5.11 Å². The van der Waals surface area contributed by atoms with Gasteiger partial charge in [-0.2, -0.15) is 5.10 Å². The molecule has 0 bridgehead atoms. The Morgan fingerprint density at radius 2 is 1.68 bits per heavy atom. The molecule has 3 N–H and O–H groups in total. The molecule has 0 saturated heterocycles. The van der Waals surface area contributed by atoms with Crippen LogP contribution in [0.1, 0.15) is 0 Å². The van der Waals surface area contributed by atoms with E-state index in [4.69, 9.17) is 0 Å². The number of nitrogens with one attached hydrogen (secondary N) is 2. The minimum absolute atomic E-state index is 0.114. The van der Waals surface area contributed by atoms with Gasteiger partial charge in [-0.25, -0.2) is 4.98 Å². The van der Waals surface area contributed by atoms with Crippen molar-refractivity contribution in [2.24, 2.45) is 0 Å². The van der Waals surface area contributed by atoms with E-state index in [9.17, 15) is 5.11 Å². The molecule has 0 unspecified atom stereocenters. The number of aromatic hydroxyl groups is 1. The van der Waals surface area contributed by atoms with E-state index in [0.29, 0.717) is 5.65 Å². The van der Waals surface area contributed by atoms with Crippen molar-refractivity contribution in [1.29, 1.82) is 0 Å². The standard InChI is InChI=1S/C24H16N6O/c31-17-7-15(11-26-13-17)16-8-20-23(29-30-24(20)27-12-16)22-9-19-18(4-1-5-21(19)28-22)14-3-2-6-25-10-14/h1-13,28,31H,(H,27,29,30). The van der Waals surface area contributed by atoms with Crippen molar-refractivity contribution >= 4 is 21.9 Å². The summed E-state index contributed by atoms with van der Waals surface area (Å²) in [4.78, 5) is 16.3. The molecule has 0 atom stereocenters. The van der Waals surface area contributed by atoms with Crippen molar-refractivity contribution in [2.45, 2.75) is 0 Å². The molecule has 0 aliphatic heterocycles. The summed E-state index contributed by atoms with van der Waals surface area (Å²) in [7, 11) is 0. The Hall–Kier alpha value is -4.52. The average molecular weight is 404 g/mol. The number of aromatic nitrogens is 6. The summed E-state index contributed by atoms with van der Waals surface area (Å²) in [5, 5.41) is 19.2.